The SMILES string of the molecule is Fc1ccccc1-c1cc(CN2CCc3nc(C4=NCCCC4)ncc3C2)on1. The molecule has 0 amide bonds. The number of aliphatic imine (C=N–C) groups is 1. The Kier molecular flexibility index (Phi) is 4.89. The van der Waals surface area contributed by atoms with Crippen LogP contribution in [0, 0.1) is 5.82 Å². The summed E-state index contributed by atoms with van der Waals surface area (Å²) < 4.78 is 19.4. The van der Waals surface area contributed by atoms with Crippen molar-refractivity contribution in [2.75, 3.05) is 13.1 Å². The first-order valence-electron chi connectivity index (χ1n) is 10.1. The first-order valence-corrected chi connectivity index (χ1v) is 10.1. The lowest BCUT2D eigenvalue weighted by Crippen LogP contribution is -2.31. The average Bonchev–Trinajstić information content (AvgIpc) is 3.22. The first kappa shape index (κ1) is 18.1. The Morgan fingerprint density at radius 2 is 2.07 bits per heavy atom. The van der Waals surface area contributed by atoms with Crippen molar-refractivity contribution in [3.63, 3.8) is 0 Å². The van der Waals surface area contributed by atoms with E-state index in [-0.39, 0.29) is 5.82 Å². The second kappa shape index (κ2) is 7.83. The van der Waals surface area contributed by atoms with Gasteiger partial charge in [-0.3, -0.25) is 9.89 Å². The molecule has 7 heteroatoms. The van der Waals surface area contributed by atoms with Gasteiger partial charge in [-0.15, -0.1) is 0 Å². The highest BCUT2D eigenvalue weighted by atomic mass is 19.1. The molecule has 4 heterocycles. The molecule has 2 aliphatic heterocycles. The summed E-state index contributed by atoms with van der Waals surface area (Å²) in [6, 6.07) is 8.41. The molecule has 0 aliphatic carbocycles. The molecule has 0 bridgehead atoms. The molecule has 0 atom stereocenters. The second-order valence-corrected chi connectivity index (χ2v) is 7.57. The molecule has 2 aliphatic rings. The van der Waals surface area contributed by atoms with Crippen LogP contribution in [0.15, 0.2) is 46.0 Å². The van der Waals surface area contributed by atoms with Crippen molar-refractivity contribution < 1.29 is 8.91 Å². The van der Waals surface area contributed by atoms with Crippen LogP contribution in [0.3, 0.4) is 0 Å². The normalized spacial score (nSPS) is 17.1. The van der Waals surface area contributed by atoms with E-state index in [1.165, 1.54) is 12.5 Å². The van der Waals surface area contributed by atoms with E-state index in [4.69, 9.17) is 9.51 Å². The van der Waals surface area contributed by atoms with Crippen LogP contribution in [-0.4, -0.2) is 38.8 Å². The standard InChI is InChI=1S/C22H22FN5O/c23-18-6-2-1-5-17(18)21-11-16(29-27-21)14-28-10-8-19-15(13-28)12-25-22(26-19)20-7-3-4-9-24-20/h1-2,5-6,11-12H,3-4,7-10,13-14H2. The third kappa shape index (κ3) is 3.82. The van der Waals surface area contributed by atoms with Crippen molar-refractivity contribution in [2.24, 2.45) is 4.99 Å². The Bertz CT molecular complexity index is 1060. The van der Waals surface area contributed by atoms with Crippen molar-refractivity contribution in [2.45, 2.75) is 38.8 Å². The van der Waals surface area contributed by atoms with Gasteiger partial charge in [0.25, 0.3) is 0 Å². The van der Waals surface area contributed by atoms with Crippen LogP contribution < -0.4 is 0 Å². The zero-order valence-corrected chi connectivity index (χ0v) is 16.1. The quantitative estimate of drug-likeness (QED) is 0.677. The lowest BCUT2D eigenvalue weighted by Gasteiger charge is -2.27. The van der Waals surface area contributed by atoms with Crippen molar-refractivity contribution in [3.05, 3.63) is 65.2 Å². The molecule has 148 valence electrons. The highest BCUT2D eigenvalue weighted by Crippen LogP contribution is 2.24. The van der Waals surface area contributed by atoms with E-state index in [0.29, 0.717) is 17.8 Å². The lowest BCUT2D eigenvalue weighted by molar-refractivity contribution is 0.213. The number of hydrogen-bond donors (Lipinski definition) is 0. The van der Waals surface area contributed by atoms with Gasteiger partial charge in [0.1, 0.15) is 11.5 Å². The average molecular weight is 391 g/mol. The number of halogens is 1. The molecule has 5 rings (SSSR count). The topological polar surface area (TPSA) is 67.4 Å². The molecule has 0 fully saturated rings. The van der Waals surface area contributed by atoms with Gasteiger partial charge in [-0.1, -0.05) is 17.3 Å². The maximum absolute atomic E-state index is 14.0. The molecule has 3 aromatic rings. The number of hydrogen-bond acceptors (Lipinski definition) is 6. The molecule has 6 nitrogen and oxygen atoms in total. The molecule has 0 spiro atoms. The summed E-state index contributed by atoms with van der Waals surface area (Å²) in [7, 11) is 0. The Balaban J connectivity index is 1.28. The van der Waals surface area contributed by atoms with Crippen molar-refractivity contribution in [3.8, 4) is 11.3 Å². The zero-order chi connectivity index (χ0) is 19.6. The van der Waals surface area contributed by atoms with Crippen molar-refractivity contribution in [1.82, 2.24) is 20.0 Å². The molecule has 2 aromatic heterocycles. The van der Waals surface area contributed by atoms with E-state index in [0.717, 1.165) is 67.5 Å². The molecule has 0 saturated heterocycles. The van der Waals surface area contributed by atoms with Gasteiger partial charge in [0.2, 0.25) is 0 Å². The van der Waals surface area contributed by atoms with E-state index >= 15 is 0 Å². The fraction of sp³-hybridized carbons (Fsp3) is 0.364. The Labute approximate surface area is 168 Å². The summed E-state index contributed by atoms with van der Waals surface area (Å²) in [6.45, 7) is 3.15. The van der Waals surface area contributed by atoms with E-state index < -0.39 is 0 Å². The van der Waals surface area contributed by atoms with Gasteiger partial charge < -0.3 is 4.52 Å². The molecular weight excluding hydrogens is 369 g/mol. The van der Waals surface area contributed by atoms with Crippen LogP contribution >= 0.6 is 0 Å². The maximum atomic E-state index is 14.0. The summed E-state index contributed by atoms with van der Waals surface area (Å²) >= 11 is 0. The van der Waals surface area contributed by atoms with Gasteiger partial charge in [0.05, 0.1) is 18.0 Å². The molecule has 0 unspecified atom stereocenters. The van der Waals surface area contributed by atoms with E-state index in [9.17, 15) is 4.39 Å². The van der Waals surface area contributed by atoms with Crippen molar-refractivity contribution in [1.29, 1.82) is 0 Å². The lowest BCUT2D eigenvalue weighted by atomic mass is 10.1. The number of fused-ring (bicyclic) bond motifs is 1. The largest absolute Gasteiger partial charge is 0.359 e. The third-order valence-electron chi connectivity index (χ3n) is 5.48. The number of benzene rings is 1. The van der Waals surface area contributed by atoms with Gasteiger partial charge in [-0.05, 0) is 31.4 Å². The summed E-state index contributed by atoms with van der Waals surface area (Å²) in [4.78, 5) is 16.2. The predicted molar refractivity (Wildman–Crippen MR) is 107 cm³/mol. The van der Waals surface area contributed by atoms with E-state index in [2.05, 4.69) is 20.0 Å². The Morgan fingerprint density at radius 1 is 1.14 bits per heavy atom. The third-order valence-corrected chi connectivity index (χ3v) is 5.48. The predicted octanol–water partition coefficient (Wildman–Crippen LogP) is 3.80. The van der Waals surface area contributed by atoms with Gasteiger partial charge in [0, 0.05) is 49.4 Å². The first-order chi connectivity index (χ1) is 14.3. The van der Waals surface area contributed by atoms with Crippen LogP contribution in [0.5, 0.6) is 0 Å². The number of aromatic nitrogens is 3. The number of rotatable bonds is 4. The van der Waals surface area contributed by atoms with Gasteiger partial charge >= 0.3 is 0 Å². The van der Waals surface area contributed by atoms with E-state index in [1.807, 2.05) is 12.3 Å². The van der Waals surface area contributed by atoms with E-state index in [1.54, 1.807) is 18.2 Å². The molecule has 0 saturated carbocycles. The van der Waals surface area contributed by atoms with Crippen LogP contribution in [-0.2, 0) is 19.5 Å². The molecule has 29 heavy (non-hydrogen) atoms. The monoisotopic (exact) mass is 391 g/mol. The Hall–Kier alpha value is -2.93. The van der Waals surface area contributed by atoms with Crippen LogP contribution in [0.25, 0.3) is 11.3 Å². The minimum absolute atomic E-state index is 0.297. The summed E-state index contributed by atoms with van der Waals surface area (Å²) in [5.74, 6) is 1.22. The Morgan fingerprint density at radius 3 is 2.93 bits per heavy atom. The van der Waals surface area contributed by atoms with Crippen LogP contribution in [0.1, 0.15) is 42.1 Å². The highest BCUT2D eigenvalue weighted by molar-refractivity contribution is 5.97. The molecule has 0 radical (unpaired) electrons. The van der Waals surface area contributed by atoms with Gasteiger partial charge in [0.15, 0.2) is 11.6 Å². The molecule has 1 aromatic carbocycles. The van der Waals surface area contributed by atoms with Gasteiger partial charge in [-0.25, -0.2) is 14.4 Å². The second-order valence-electron chi connectivity index (χ2n) is 7.57. The van der Waals surface area contributed by atoms with Gasteiger partial charge in [-0.2, -0.15) is 0 Å². The molecular formula is C22H22FN5O. The maximum Gasteiger partial charge on any atom is 0.173 e. The molecule has 0 N–H and O–H groups in total. The number of nitrogens with zero attached hydrogens (tertiary/aromatic N) is 5. The minimum atomic E-state index is -0.297. The summed E-state index contributed by atoms with van der Waals surface area (Å²) in [5.41, 5.74) is 4.29. The zero-order valence-electron chi connectivity index (χ0n) is 16.1. The minimum Gasteiger partial charge on any atom is -0.359 e. The highest BCUT2D eigenvalue weighted by Gasteiger charge is 2.22. The summed E-state index contributed by atoms with van der Waals surface area (Å²) in [5, 5.41) is 4.04. The van der Waals surface area contributed by atoms with Crippen LogP contribution in [0.2, 0.25) is 0 Å². The fourth-order valence-corrected chi connectivity index (χ4v) is 3.93. The fourth-order valence-electron chi connectivity index (χ4n) is 3.93. The smallest absolute Gasteiger partial charge is 0.173 e. The van der Waals surface area contributed by atoms with Crippen LogP contribution in [0.4, 0.5) is 4.39 Å². The summed E-state index contributed by atoms with van der Waals surface area (Å²) in [6.07, 6.45) is 6.10. The van der Waals surface area contributed by atoms with Crippen molar-refractivity contribution >= 4 is 5.71 Å².